The highest BCUT2D eigenvalue weighted by molar-refractivity contribution is 5.72. The second kappa shape index (κ2) is 7.18. The lowest BCUT2D eigenvalue weighted by molar-refractivity contribution is 0.0798. The Morgan fingerprint density at radius 3 is 2.50 bits per heavy atom. The van der Waals surface area contributed by atoms with Crippen LogP contribution in [0.3, 0.4) is 0 Å². The van der Waals surface area contributed by atoms with Gasteiger partial charge < -0.3 is 9.47 Å². The molecule has 4 heteroatoms. The normalized spacial score (nSPS) is 12.0. The predicted molar refractivity (Wildman–Crippen MR) is 84.2 cm³/mol. The van der Waals surface area contributed by atoms with Gasteiger partial charge in [-0.05, 0) is 41.0 Å². The number of hydrogen-bond donors (Lipinski definition) is 0. The van der Waals surface area contributed by atoms with Crippen LogP contribution in [-0.4, -0.2) is 20.9 Å². The molecule has 2 aromatic carbocycles. The minimum absolute atomic E-state index is 0.348. The first-order valence-corrected chi connectivity index (χ1v) is 6.83. The number of alkyl halides is 1. The molecular weight excluding hydrogens is 286 g/mol. The van der Waals surface area contributed by atoms with Crippen molar-refractivity contribution in [1.29, 1.82) is 0 Å². The van der Waals surface area contributed by atoms with Crippen LogP contribution in [0.15, 0.2) is 43.0 Å². The largest absolute Gasteiger partial charge is 0.497 e. The summed E-state index contributed by atoms with van der Waals surface area (Å²) in [4.78, 5) is 0. The number of halogens is 2. The summed E-state index contributed by atoms with van der Waals surface area (Å²) in [6.45, 7) is 3.00. The molecule has 0 radical (unpaired) electrons. The van der Waals surface area contributed by atoms with E-state index in [2.05, 4.69) is 6.58 Å². The average Bonchev–Trinajstić information content (AvgIpc) is 2.56. The number of ether oxygens (including phenoxy) is 2. The third kappa shape index (κ3) is 3.17. The van der Waals surface area contributed by atoms with E-state index in [-0.39, 0.29) is 0 Å². The Morgan fingerprint density at radius 2 is 1.91 bits per heavy atom. The van der Waals surface area contributed by atoms with Gasteiger partial charge in [0, 0.05) is 12.7 Å². The standard InChI is InChI=1S/C18H18F2O2/c1-4-12-5-7-14(16(9-12)18(11-19)22-3)15-10-13(21-2)6-8-17(15)20/h4-10,18H,1,11H2,2-3H3. The smallest absolute Gasteiger partial charge is 0.131 e. The molecule has 0 amide bonds. The molecule has 0 spiro atoms. The molecule has 0 aliphatic rings. The molecule has 0 fully saturated rings. The summed E-state index contributed by atoms with van der Waals surface area (Å²) >= 11 is 0. The lowest BCUT2D eigenvalue weighted by atomic mass is 9.94. The number of rotatable bonds is 6. The number of methoxy groups -OCH3 is 2. The summed E-state index contributed by atoms with van der Waals surface area (Å²) in [6, 6.07) is 9.76. The lowest BCUT2D eigenvalue weighted by Gasteiger charge is -2.18. The van der Waals surface area contributed by atoms with Gasteiger partial charge in [0.15, 0.2) is 0 Å². The van der Waals surface area contributed by atoms with Gasteiger partial charge >= 0.3 is 0 Å². The van der Waals surface area contributed by atoms with Crippen molar-refractivity contribution in [3.05, 3.63) is 59.9 Å². The van der Waals surface area contributed by atoms with E-state index in [0.717, 1.165) is 5.56 Å². The molecule has 0 heterocycles. The topological polar surface area (TPSA) is 18.5 Å². The zero-order valence-electron chi connectivity index (χ0n) is 12.6. The highest BCUT2D eigenvalue weighted by atomic mass is 19.1. The number of benzene rings is 2. The van der Waals surface area contributed by atoms with Crippen molar-refractivity contribution in [2.75, 3.05) is 20.9 Å². The van der Waals surface area contributed by atoms with Gasteiger partial charge in [-0.2, -0.15) is 0 Å². The van der Waals surface area contributed by atoms with Crippen LogP contribution >= 0.6 is 0 Å². The van der Waals surface area contributed by atoms with E-state index in [4.69, 9.17) is 9.47 Å². The molecule has 0 aliphatic heterocycles. The van der Waals surface area contributed by atoms with Crippen LogP contribution in [-0.2, 0) is 4.74 Å². The Balaban J connectivity index is 2.66. The van der Waals surface area contributed by atoms with E-state index < -0.39 is 18.6 Å². The summed E-state index contributed by atoms with van der Waals surface area (Å²) < 4.78 is 37.8. The summed E-state index contributed by atoms with van der Waals surface area (Å²) in [6.07, 6.45) is 0.890. The fraction of sp³-hybridized carbons (Fsp3) is 0.222. The summed E-state index contributed by atoms with van der Waals surface area (Å²) in [5, 5.41) is 0. The van der Waals surface area contributed by atoms with Crippen molar-refractivity contribution in [2.45, 2.75) is 6.10 Å². The molecule has 116 valence electrons. The summed E-state index contributed by atoms with van der Waals surface area (Å²) in [5.74, 6) is 0.131. The Morgan fingerprint density at radius 1 is 1.14 bits per heavy atom. The highest BCUT2D eigenvalue weighted by Crippen LogP contribution is 2.34. The van der Waals surface area contributed by atoms with Crippen LogP contribution in [0.2, 0.25) is 0 Å². The lowest BCUT2D eigenvalue weighted by Crippen LogP contribution is -2.06. The molecule has 2 aromatic rings. The van der Waals surface area contributed by atoms with Crippen molar-refractivity contribution >= 4 is 6.08 Å². The van der Waals surface area contributed by atoms with Gasteiger partial charge in [0.05, 0.1) is 7.11 Å². The first-order chi connectivity index (χ1) is 10.6. The molecule has 1 atom stereocenters. The van der Waals surface area contributed by atoms with Gasteiger partial charge in [-0.15, -0.1) is 0 Å². The molecule has 0 aliphatic carbocycles. The quantitative estimate of drug-likeness (QED) is 0.763. The summed E-state index contributed by atoms with van der Waals surface area (Å²) in [7, 11) is 2.94. The minimum Gasteiger partial charge on any atom is -0.497 e. The SMILES string of the molecule is C=Cc1ccc(-c2cc(OC)ccc2F)c(C(CF)OC)c1. The van der Waals surface area contributed by atoms with Crippen LogP contribution in [0.25, 0.3) is 17.2 Å². The molecule has 0 aromatic heterocycles. The highest BCUT2D eigenvalue weighted by Gasteiger charge is 2.18. The van der Waals surface area contributed by atoms with E-state index in [0.29, 0.717) is 22.4 Å². The van der Waals surface area contributed by atoms with Crippen molar-refractivity contribution in [3.8, 4) is 16.9 Å². The molecular formula is C18H18F2O2. The van der Waals surface area contributed by atoms with E-state index in [1.54, 1.807) is 36.4 Å². The average molecular weight is 304 g/mol. The molecule has 0 bridgehead atoms. The zero-order valence-corrected chi connectivity index (χ0v) is 12.6. The maximum absolute atomic E-state index is 14.2. The monoisotopic (exact) mass is 304 g/mol. The maximum Gasteiger partial charge on any atom is 0.131 e. The van der Waals surface area contributed by atoms with Crippen molar-refractivity contribution < 1.29 is 18.3 Å². The molecule has 22 heavy (non-hydrogen) atoms. The summed E-state index contributed by atoms with van der Waals surface area (Å²) in [5.41, 5.74) is 2.32. The minimum atomic E-state index is -0.763. The van der Waals surface area contributed by atoms with Gasteiger partial charge in [0.1, 0.15) is 24.3 Å². The van der Waals surface area contributed by atoms with E-state index in [1.165, 1.54) is 20.3 Å². The van der Waals surface area contributed by atoms with Crippen molar-refractivity contribution in [2.24, 2.45) is 0 Å². The third-order valence-electron chi connectivity index (χ3n) is 3.55. The van der Waals surface area contributed by atoms with Crippen molar-refractivity contribution in [1.82, 2.24) is 0 Å². The molecule has 2 rings (SSSR count). The zero-order chi connectivity index (χ0) is 16.1. The Kier molecular flexibility index (Phi) is 5.28. The second-order valence-electron chi connectivity index (χ2n) is 4.78. The Labute approximate surface area is 129 Å². The van der Waals surface area contributed by atoms with Crippen LogP contribution < -0.4 is 4.74 Å². The van der Waals surface area contributed by atoms with E-state index in [9.17, 15) is 8.78 Å². The van der Waals surface area contributed by atoms with Gasteiger partial charge in [-0.1, -0.05) is 24.8 Å². The molecule has 0 N–H and O–H groups in total. The second-order valence-corrected chi connectivity index (χ2v) is 4.78. The van der Waals surface area contributed by atoms with Crippen LogP contribution in [0.4, 0.5) is 8.78 Å². The van der Waals surface area contributed by atoms with Gasteiger partial charge in [0.25, 0.3) is 0 Å². The molecule has 2 nitrogen and oxygen atoms in total. The van der Waals surface area contributed by atoms with Crippen LogP contribution in [0, 0.1) is 5.82 Å². The van der Waals surface area contributed by atoms with Crippen molar-refractivity contribution in [3.63, 3.8) is 0 Å². The first kappa shape index (κ1) is 16.2. The molecule has 0 saturated carbocycles. The Hall–Kier alpha value is -2.20. The molecule has 0 saturated heterocycles. The van der Waals surface area contributed by atoms with E-state index >= 15 is 0 Å². The van der Waals surface area contributed by atoms with Crippen LogP contribution in [0.1, 0.15) is 17.2 Å². The van der Waals surface area contributed by atoms with Crippen LogP contribution in [0.5, 0.6) is 5.75 Å². The maximum atomic E-state index is 14.2. The first-order valence-electron chi connectivity index (χ1n) is 6.83. The van der Waals surface area contributed by atoms with E-state index in [1.807, 2.05) is 0 Å². The fourth-order valence-electron chi connectivity index (χ4n) is 2.33. The molecule has 1 unspecified atom stereocenters. The number of hydrogen-bond acceptors (Lipinski definition) is 2. The Bertz CT molecular complexity index is 664. The fourth-order valence-corrected chi connectivity index (χ4v) is 2.33. The predicted octanol–water partition coefficient (Wildman–Crippen LogP) is 4.80. The van der Waals surface area contributed by atoms with Gasteiger partial charge in [0.2, 0.25) is 0 Å². The van der Waals surface area contributed by atoms with Gasteiger partial charge in [-0.3, -0.25) is 0 Å². The van der Waals surface area contributed by atoms with Gasteiger partial charge in [-0.25, -0.2) is 8.78 Å². The third-order valence-corrected chi connectivity index (χ3v) is 3.55.